The predicted molar refractivity (Wildman–Crippen MR) is 78.1 cm³/mol. The van der Waals surface area contributed by atoms with Gasteiger partial charge in [-0.3, -0.25) is 0 Å². The van der Waals surface area contributed by atoms with Gasteiger partial charge in [-0.15, -0.1) is 0 Å². The maximum absolute atomic E-state index is 11.7. The summed E-state index contributed by atoms with van der Waals surface area (Å²) in [7, 11) is 1.60. The van der Waals surface area contributed by atoms with Crippen LogP contribution in [0, 0.1) is 5.92 Å². The van der Waals surface area contributed by atoms with E-state index in [4.69, 9.17) is 9.47 Å². The number of pyridine rings is 1. The molecular formula is C14H23N3O3. The largest absolute Gasteiger partial charge is 0.474 e. The van der Waals surface area contributed by atoms with Crippen molar-refractivity contribution >= 4 is 11.7 Å². The van der Waals surface area contributed by atoms with Gasteiger partial charge in [-0.2, -0.15) is 0 Å². The molecule has 0 saturated heterocycles. The third kappa shape index (κ3) is 6.38. The summed E-state index contributed by atoms with van der Waals surface area (Å²) in [5.41, 5.74) is 0.547. The van der Waals surface area contributed by atoms with Crippen molar-refractivity contribution in [3.8, 4) is 5.88 Å². The van der Waals surface area contributed by atoms with Crippen molar-refractivity contribution in [1.29, 1.82) is 0 Å². The summed E-state index contributed by atoms with van der Waals surface area (Å²) < 4.78 is 10.4. The smallest absolute Gasteiger partial charge is 0.319 e. The third-order valence-electron chi connectivity index (χ3n) is 2.55. The second-order valence-corrected chi connectivity index (χ2v) is 4.76. The van der Waals surface area contributed by atoms with Crippen molar-refractivity contribution in [3.63, 3.8) is 0 Å². The minimum atomic E-state index is -0.254. The molecule has 1 aromatic heterocycles. The Bertz CT molecular complexity index is 410. The van der Waals surface area contributed by atoms with Gasteiger partial charge in [0.05, 0.1) is 6.61 Å². The number of nitrogens with zero attached hydrogens (tertiary/aromatic N) is 1. The molecule has 0 aliphatic carbocycles. The number of urea groups is 1. The van der Waals surface area contributed by atoms with Gasteiger partial charge in [-0.25, -0.2) is 9.78 Å². The molecule has 1 heterocycles. The van der Waals surface area contributed by atoms with E-state index in [2.05, 4.69) is 29.5 Å². The van der Waals surface area contributed by atoms with E-state index in [-0.39, 0.29) is 6.03 Å². The van der Waals surface area contributed by atoms with E-state index in [0.29, 0.717) is 37.2 Å². The van der Waals surface area contributed by atoms with Crippen molar-refractivity contribution in [3.05, 3.63) is 18.3 Å². The number of ether oxygens (including phenoxy) is 2. The molecule has 6 nitrogen and oxygen atoms in total. The van der Waals surface area contributed by atoms with Crippen LogP contribution in [0.25, 0.3) is 0 Å². The second kappa shape index (κ2) is 9.14. The number of hydrogen-bond acceptors (Lipinski definition) is 4. The number of rotatable bonds is 8. The van der Waals surface area contributed by atoms with E-state index in [1.807, 2.05) is 0 Å². The van der Waals surface area contributed by atoms with Gasteiger partial charge in [-0.1, -0.05) is 13.8 Å². The van der Waals surface area contributed by atoms with Crippen LogP contribution in [0.5, 0.6) is 5.88 Å². The van der Waals surface area contributed by atoms with Gasteiger partial charge in [-0.05, 0) is 24.5 Å². The zero-order chi connectivity index (χ0) is 14.8. The van der Waals surface area contributed by atoms with Gasteiger partial charge < -0.3 is 20.1 Å². The Labute approximate surface area is 119 Å². The van der Waals surface area contributed by atoms with Crippen LogP contribution in [-0.4, -0.2) is 37.9 Å². The lowest BCUT2D eigenvalue weighted by Gasteiger charge is -2.12. The summed E-state index contributed by atoms with van der Waals surface area (Å²) in [5, 5.41) is 5.53. The fourth-order valence-electron chi connectivity index (χ4n) is 1.46. The van der Waals surface area contributed by atoms with Gasteiger partial charge in [0.15, 0.2) is 0 Å². The van der Waals surface area contributed by atoms with E-state index in [1.165, 1.54) is 0 Å². The molecule has 0 aliphatic heterocycles. The van der Waals surface area contributed by atoms with Crippen LogP contribution < -0.4 is 15.4 Å². The number of methoxy groups -OCH3 is 1. The lowest BCUT2D eigenvalue weighted by molar-refractivity contribution is 0.144. The molecule has 0 aromatic carbocycles. The molecule has 0 aliphatic rings. The van der Waals surface area contributed by atoms with E-state index in [9.17, 15) is 4.79 Å². The Balaban J connectivity index is 2.47. The lowest BCUT2D eigenvalue weighted by Crippen LogP contribution is -2.30. The molecule has 112 valence electrons. The van der Waals surface area contributed by atoms with Gasteiger partial charge in [0.2, 0.25) is 5.88 Å². The number of carbonyl (C=O) groups excluding carboxylic acids is 1. The summed E-state index contributed by atoms with van der Waals surface area (Å²) in [6, 6.07) is 3.24. The Morgan fingerprint density at radius 1 is 1.40 bits per heavy atom. The topological polar surface area (TPSA) is 72.5 Å². The highest BCUT2D eigenvalue weighted by molar-refractivity contribution is 5.90. The van der Waals surface area contributed by atoms with Crippen LogP contribution in [0.4, 0.5) is 10.5 Å². The Morgan fingerprint density at radius 2 is 2.20 bits per heavy atom. The molecule has 0 atom stereocenters. The van der Waals surface area contributed by atoms with Gasteiger partial charge in [0.25, 0.3) is 0 Å². The average molecular weight is 281 g/mol. The molecule has 0 fully saturated rings. The maximum atomic E-state index is 11.7. The molecule has 0 bridgehead atoms. The molecule has 0 unspecified atom stereocenters. The van der Waals surface area contributed by atoms with Gasteiger partial charge in [0.1, 0.15) is 12.3 Å². The third-order valence-corrected chi connectivity index (χ3v) is 2.55. The maximum Gasteiger partial charge on any atom is 0.319 e. The Kier molecular flexibility index (Phi) is 7.42. The molecule has 20 heavy (non-hydrogen) atoms. The number of carbonyl (C=O) groups is 1. The summed E-state index contributed by atoms with van der Waals surface area (Å²) in [6.45, 7) is 5.72. The van der Waals surface area contributed by atoms with Crippen molar-refractivity contribution in [1.82, 2.24) is 10.3 Å². The van der Waals surface area contributed by atoms with Crippen LogP contribution in [-0.2, 0) is 4.74 Å². The lowest BCUT2D eigenvalue weighted by atomic mass is 10.1. The van der Waals surface area contributed by atoms with E-state index >= 15 is 0 Å². The van der Waals surface area contributed by atoms with Crippen molar-refractivity contribution < 1.29 is 14.3 Å². The normalized spacial score (nSPS) is 10.4. The summed E-state index contributed by atoms with van der Waals surface area (Å²) in [4.78, 5) is 15.8. The van der Waals surface area contributed by atoms with Crippen molar-refractivity contribution in [2.75, 3.05) is 32.2 Å². The molecule has 0 radical (unpaired) electrons. The quantitative estimate of drug-likeness (QED) is 0.717. The Morgan fingerprint density at radius 3 is 2.90 bits per heavy atom. The van der Waals surface area contributed by atoms with Crippen LogP contribution in [0.3, 0.4) is 0 Å². The van der Waals surface area contributed by atoms with Crippen molar-refractivity contribution in [2.45, 2.75) is 20.3 Å². The number of nitrogens with one attached hydrogen (secondary N) is 2. The zero-order valence-electron chi connectivity index (χ0n) is 12.3. The van der Waals surface area contributed by atoms with Crippen LogP contribution in [0.1, 0.15) is 20.3 Å². The van der Waals surface area contributed by atoms with Crippen LogP contribution in [0.2, 0.25) is 0 Å². The molecule has 1 rings (SSSR count). The van der Waals surface area contributed by atoms with E-state index < -0.39 is 0 Å². The number of hydrogen-bond donors (Lipinski definition) is 2. The number of amides is 2. The van der Waals surface area contributed by atoms with Gasteiger partial charge >= 0.3 is 6.03 Å². The Hall–Kier alpha value is -1.82. The standard InChI is InChI=1S/C14H23N3O3/c1-11(2)6-8-16-14(18)17-12-5-4-7-15-13(12)20-10-9-19-3/h4-5,7,11H,6,8-10H2,1-3H3,(H2,16,17,18). The van der Waals surface area contributed by atoms with Crippen molar-refractivity contribution in [2.24, 2.45) is 5.92 Å². The molecule has 2 N–H and O–H groups in total. The fraction of sp³-hybridized carbons (Fsp3) is 0.571. The zero-order valence-corrected chi connectivity index (χ0v) is 12.3. The average Bonchev–Trinajstić information content (AvgIpc) is 2.40. The monoisotopic (exact) mass is 281 g/mol. The second-order valence-electron chi connectivity index (χ2n) is 4.76. The highest BCUT2D eigenvalue weighted by atomic mass is 16.5. The van der Waals surface area contributed by atoms with E-state index in [1.54, 1.807) is 25.4 Å². The molecule has 0 spiro atoms. The molecule has 1 aromatic rings. The molecule has 2 amide bonds. The first-order chi connectivity index (χ1) is 9.63. The predicted octanol–water partition coefficient (Wildman–Crippen LogP) is 2.27. The number of aromatic nitrogens is 1. The minimum absolute atomic E-state index is 0.254. The highest BCUT2D eigenvalue weighted by Gasteiger charge is 2.08. The number of anilines is 1. The molecule has 6 heteroatoms. The first-order valence-electron chi connectivity index (χ1n) is 6.75. The SMILES string of the molecule is COCCOc1ncccc1NC(=O)NCCC(C)C. The van der Waals surface area contributed by atoms with E-state index in [0.717, 1.165) is 6.42 Å². The fourth-order valence-corrected chi connectivity index (χ4v) is 1.46. The summed E-state index contributed by atoms with van der Waals surface area (Å²) >= 11 is 0. The summed E-state index contributed by atoms with van der Waals surface area (Å²) in [5.74, 6) is 0.949. The molecule has 0 saturated carbocycles. The van der Waals surface area contributed by atoms with Crippen LogP contribution >= 0.6 is 0 Å². The first kappa shape index (κ1) is 16.2. The van der Waals surface area contributed by atoms with Gasteiger partial charge in [0, 0.05) is 19.9 Å². The van der Waals surface area contributed by atoms with Crippen LogP contribution in [0.15, 0.2) is 18.3 Å². The first-order valence-corrected chi connectivity index (χ1v) is 6.75. The minimum Gasteiger partial charge on any atom is -0.474 e. The summed E-state index contributed by atoms with van der Waals surface area (Å²) in [6.07, 6.45) is 2.56. The highest BCUT2D eigenvalue weighted by Crippen LogP contribution is 2.20. The molecular weight excluding hydrogens is 258 g/mol.